The molecule has 0 bridgehead atoms. The Morgan fingerprint density at radius 2 is 1.93 bits per heavy atom. The molecule has 1 aromatic rings. The van der Waals surface area contributed by atoms with Gasteiger partial charge in [-0.05, 0) is 17.6 Å². The maximum atomic E-state index is 8.92. The van der Waals surface area contributed by atoms with Gasteiger partial charge in [-0.15, -0.1) is 0 Å². The normalized spacial score (nSPS) is 15.5. The highest BCUT2D eigenvalue weighted by Gasteiger charge is 2.12. The van der Waals surface area contributed by atoms with Crippen LogP contribution < -0.4 is 5.46 Å². The second kappa shape index (κ2) is 4.46. The van der Waals surface area contributed by atoms with E-state index in [4.69, 9.17) is 14.8 Å². The van der Waals surface area contributed by atoms with Gasteiger partial charge in [-0.2, -0.15) is 0 Å². The van der Waals surface area contributed by atoms with Crippen LogP contribution in [0.25, 0.3) is 0 Å². The fraction of sp³-hybridized carbons (Fsp3) is 0.300. The smallest absolute Gasteiger partial charge is 0.477 e. The van der Waals surface area contributed by atoms with Gasteiger partial charge in [-0.3, -0.25) is 4.99 Å². The van der Waals surface area contributed by atoms with Crippen LogP contribution in [0.2, 0.25) is 0 Å². The molecular formula is C10H12BNO3. The van der Waals surface area contributed by atoms with E-state index in [9.17, 15) is 0 Å². The molecule has 0 aliphatic carbocycles. The summed E-state index contributed by atoms with van der Waals surface area (Å²) in [5.74, 6) is 0.639. The average molecular weight is 205 g/mol. The zero-order valence-electron chi connectivity index (χ0n) is 8.26. The fourth-order valence-corrected chi connectivity index (χ4v) is 1.43. The van der Waals surface area contributed by atoms with Crippen molar-refractivity contribution < 1.29 is 14.8 Å². The van der Waals surface area contributed by atoms with E-state index in [-0.39, 0.29) is 0 Å². The molecule has 0 unspecified atom stereocenters. The van der Waals surface area contributed by atoms with Crippen molar-refractivity contribution >= 4 is 18.5 Å². The van der Waals surface area contributed by atoms with E-state index in [0.29, 0.717) is 18.0 Å². The van der Waals surface area contributed by atoms with Crippen molar-refractivity contribution in [2.75, 3.05) is 13.2 Å². The summed E-state index contributed by atoms with van der Waals surface area (Å²) in [5, 5.41) is 17.8. The van der Waals surface area contributed by atoms with Gasteiger partial charge in [0.05, 0.1) is 6.61 Å². The third-order valence-corrected chi connectivity index (χ3v) is 2.25. The lowest BCUT2D eigenvalue weighted by Gasteiger charge is -2.13. The van der Waals surface area contributed by atoms with Crippen molar-refractivity contribution in [3.63, 3.8) is 0 Å². The minimum absolute atomic E-state index is 0.468. The average Bonchev–Trinajstić information content (AvgIpc) is 2.30. The molecule has 1 aliphatic rings. The molecule has 0 atom stereocenters. The molecule has 5 heteroatoms. The zero-order valence-corrected chi connectivity index (χ0v) is 8.26. The van der Waals surface area contributed by atoms with Gasteiger partial charge < -0.3 is 14.8 Å². The van der Waals surface area contributed by atoms with Crippen LogP contribution in [0.1, 0.15) is 12.0 Å². The van der Waals surface area contributed by atoms with E-state index in [0.717, 1.165) is 18.5 Å². The summed E-state index contributed by atoms with van der Waals surface area (Å²) in [6, 6.07) is 6.86. The van der Waals surface area contributed by atoms with Gasteiger partial charge in [0, 0.05) is 18.5 Å². The van der Waals surface area contributed by atoms with Crippen molar-refractivity contribution in [1.82, 2.24) is 0 Å². The van der Waals surface area contributed by atoms with Gasteiger partial charge in [0.2, 0.25) is 5.90 Å². The van der Waals surface area contributed by atoms with E-state index in [1.54, 1.807) is 24.3 Å². The summed E-state index contributed by atoms with van der Waals surface area (Å²) in [5.41, 5.74) is 1.34. The molecule has 15 heavy (non-hydrogen) atoms. The maximum Gasteiger partial charge on any atom is 0.488 e. The van der Waals surface area contributed by atoms with E-state index >= 15 is 0 Å². The Morgan fingerprint density at radius 3 is 2.47 bits per heavy atom. The van der Waals surface area contributed by atoms with Crippen molar-refractivity contribution in [2.24, 2.45) is 4.99 Å². The van der Waals surface area contributed by atoms with Crippen molar-refractivity contribution in [3.8, 4) is 0 Å². The number of aliphatic imine (C=N–C) groups is 1. The summed E-state index contributed by atoms with van der Waals surface area (Å²) in [6.45, 7) is 1.49. The molecule has 0 saturated carbocycles. The fourth-order valence-electron chi connectivity index (χ4n) is 1.43. The summed E-state index contributed by atoms with van der Waals surface area (Å²) < 4.78 is 5.39. The standard InChI is InChI=1S/C10H12BNO3/c13-11(14)9-4-2-8(3-5-9)10-12-6-1-7-15-10/h2-5,13-14H,1,6-7H2. The van der Waals surface area contributed by atoms with Crippen LogP contribution >= 0.6 is 0 Å². The Hall–Kier alpha value is -1.33. The molecule has 0 radical (unpaired) electrons. The Labute approximate surface area is 88.4 Å². The molecule has 0 saturated heterocycles. The summed E-state index contributed by atoms with van der Waals surface area (Å²) >= 11 is 0. The minimum Gasteiger partial charge on any atom is -0.477 e. The van der Waals surface area contributed by atoms with Crippen molar-refractivity contribution in [2.45, 2.75) is 6.42 Å². The number of rotatable bonds is 2. The molecule has 0 spiro atoms. The first-order valence-corrected chi connectivity index (χ1v) is 4.91. The highest BCUT2D eigenvalue weighted by molar-refractivity contribution is 6.58. The molecule has 4 nitrogen and oxygen atoms in total. The van der Waals surface area contributed by atoms with E-state index in [1.165, 1.54) is 0 Å². The van der Waals surface area contributed by atoms with E-state index in [1.807, 2.05) is 0 Å². The first kappa shape index (κ1) is 10.2. The zero-order chi connectivity index (χ0) is 10.7. The number of nitrogens with zero attached hydrogens (tertiary/aromatic N) is 1. The lowest BCUT2D eigenvalue weighted by atomic mass is 9.80. The van der Waals surface area contributed by atoms with E-state index < -0.39 is 7.12 Å². The second-order valence-electron chi connectivity index (χ2n) is 3.38. The van der Waals surface area contributed by atoms with Crippen molar-refractivity contribution in [1.29, 1.82) is 0 Å². The largest absolute Gasteiger partial charge is 0.488 e. The van der Waals surface area contributed by atoms with Gasteiger partial charge in [0.25, 0.3) is 0 Å². The molecule has 78 valence electrons. The molecule has 0 fully saturated rings. The third kappa shape index (κ3) is 2.37. The molecule has 2 N–H and O–H groups in total. The molecule has 0 amide bonds. The highest BCUT2D eigenvalue weighted by Crippen LogP contribution is 2.06. The van der Waals surface area contributed by atoms with Crippen LogP contribution in [-0.4, -0.2) is 36.2 Å². The molecule has 1 heterocycles. The molecular weight excluding hydrogens is 193 g/mol. The maximum absolute atomic E-state index is 8.92. The monoisotopic (exact) mass is 205 g/mol. The van der Waals surface area contributed by atoms with Crippen LogP contribution in [0, 0.1) is 0 Å². The van der Waals surface area contributed by atoms with Gasteiger partial charge in [-0.25, -0.2) is 0 Å². The first-order valence-electron chi connectivity index (χ1n) is 4.91. The highest BCUT2D eigenvalue weighted by atomic mass is 16.5. The number of hydrogen-bond acceptors (Lipinski definition) is 4. The molecule has 0 aromatic heterocycles. The van der Waals surface area contributed by atoms with Crippen LogP contribution in [0.15, 0.2) is 29.3 Å². The summed E-state index contributed by atoms with van der Waals surface area (Å²) in [7, 11) is -1.42. The lowest BCUT2D eigenvalue weighted by Crippen LogP contribution is -2.29. The van der Waals surface area contributed by atoms with Gasteiger partial charge in [0.1, 0.15) is 0 Å². The summed E-state index contributed by atoms with van der Waals surface area (Å²) in [6.07, 6.45) is 0.955. The van der Waals surface area contributed by atoms with E-state index in [2.05, 4.69) is 4.99 Å². The topological polar surface area (TPSA) is 62.0 Å². The third-order valence-electron chi connectivity index (χ3n) is 2.25. The quantitative estimate of drug-likeness (QED) is 0.641. The number of benzene rings is 1. The number of ether oxygens (including phenoxy) is 1. The Kier molecular flexibility index (Phi) is 3.04. The minimum atomic E-state index is -1.42. The number of hydrogen-bond donors (Lipinski definition) is 2. The Morgan fingerprint density at radius 1 is 1.20 bits per heavy atom. The van der Waals surface area contributed by atoms with Gasteiger partial charge >= 0.3 is 7.12 Å². The predicted octanol–water partition coefficient (Wildman–Crippen LogP) is -0.467. The van der Waals surface area contributed by atoms with Crippen LogP contribution in [-0.2, 0) is 4.74 Å². The van der Waals surface area contributed by atoms with Crippen molar-refractivity contribution in [3.05, 3.63) is 29.8 Å². The molecule has 1 aliphatic heterocycles. The Bertz CT molecular complexity index is 361. The summed E-state index contributed by atoms with van der Waals surface area (Å²) in [4.78, 5) is 4.24. The first-order chi connectivity index (χ1) is 7.27. The molecule has 1 aromatic carbocycles. The van der Waals surface area contributed by atoms with Crippen LogP contribution in [0.5, 0.6) is 0 Å². The lowest BCUT2D eigenvalue weighted by molar-refractivity contribution is 0.284. The van der Waals surface area contributed by atoms with Gasteiger partial charge in [-0.1, -0.05) is 12.1 Å². The van der Waals surface area contributed by atoms with Gasteiger partial charge in [0.15, 0.2) is 0 Å². The van der Waals surface area contributed by atoms with Crippen LogP contribution in [0.4, 0.5) is 0 Å². The Balaban J connectivity index is 2.19. The second-order valence-corrected chi connectivity index (χ2v) is 3.38. The van der Waals surface area contributed by atoms with Crippen LogP contribution in [0.3, 0.4) is 0 Å². The molecule has 2 rings (SSSR count). The SMILES string of the molecule is OB(O)c1ccc(C2=NCCCO2)cc1. The predicted molar refractivity (Wildman–Crippen MR) is 58.2 cm³/mol.